The Bertz CT molecular complexity index is 726. The first kappa shape index (κ1) is 20.4. The smallest absolute Gasteiger partial charge is 0.410 e. The molecule has 0 saturated carbocycles. The maximum absolute atomic E-state index is 13.3. The Labute approximate surface area is 155 Å². The number of nitro benzene ring substituents is 1. The van der Waals surface area contributed by atoms with E-state index in [0.29, 0.717) is 13.1 Å². The highest BCUT2D eigenvalue weighted by atomic mass is 19.1. The normalized spacial score (nSPS) is 14.7. The quantitative estimate of drug-likeness (QED) is 0.583. The van der Waals surface area contributed by atoms with Gasteiger partial charge >= 0.3 is 11.8 Å². The number of halogens is 1. The van der Waals surface area contributed by atoms with Gasteiger partial charge in [-0.2, -0.15) is 0 Å². The first-order chi connectivity index (χ1) is 12.6. The van der Waals surface area contributed by atoms with Gasteiger partial charge in [0.15, 0.2) is 6.61 Å². The van der Waals surface area contributed by atoms with Crippen LogP contribution in [-0.2, 0) is 9.53 Å². The number of piperazine rings is 1. The lowest BCUT2D eigenvalue weighted by Gasteiger charge is -2.35. The van der Waals surface area contributed by atoms with Gasteiger partial charge in [-0.05, 0) is 26.8 Å². The lowest BCUT2D eigenvalue weighted by atomic mass is 10.2. The highest BCUT2D eigenvalue weighted by Gasteiger charge is 2.28. The molecule has 0 atom stereocenters. The molecule has 0 N–H and O–H groups in total. The SMILES string of the molecule is CC(C)(C)OC(=O)N1CCN(C(=O)COc2cc(F)ccc2[N+](=O)[O-])CC1. The molecule has 1 heterocycles. The molecule has 0 bridgehead atoms. The summed E-state index contributed by atoms with van der Waals surface area (Å²) in [4.78, 5) is 37.5. The van der Waals surface area contributed by atoms with Gasteiger partial charge in [0.1, 0.15) is 11.4 Å². The third kappa shape index (κ3) is 5.80. The predicted octanol–water partition coefficient (Wildman–Crippen LogP) is 2.19. The van der Waals surface area contributed by atoms with E-state index in [0.717, 1.165) is 18.2 Å². The van der Waals surface area contributed by atoms with Crippen LogP contribution in [0, 0.1) is 15.9 Å². The van der Waals surface area contributed by atoms with Crippen LogP contribution in [0.4, 0.5) is 14.9 Å². The molecule has 1 fully saturated rings. The third-order valence-corrected chi connectivity index (χ3v) is 3.75. The number of nitrogens with zero attached hydrogens (tertiary/aromatic N) is 3. The van der Waals surface area contributed by atoms with Gasteiger partial charge in [-0.15, -0.1) is 0 Å². The van der Waals surface area contributed by atoms with Crippen molar-refractivity contribution >= 4 is 17.7 Å². The van der Waals surface area contributed by atoms with Crippen molar-refractivity contribution in [3.63, 3.8) is 0 Å². The van der Waals surface area contributed by atoms with E-state index in [2.05, 4.69) is 0 Å². The Morgan fingerprint density at radius 2 is 1.78 bits per heavy atom. The molecule has 0 aliphatic carbocycles. The molecule has 1 saturated heterocycles. The van der Waals surface area contributed by atoms with Crippen LogP contribution in [-0.4, -0.2) is 65.1 Å². The number of benzene rings is 1. The Kier molecular flexibility index (Phi) is 6.19. The highest BCUT2D eigenvalue weighted by molar-refractivity contribution is 5.78. The van der Waals surface area contributed by atoms with Crippen LogP contribution in [0.5, 0.6) is 5.75 Å². The second-order valence-electron chi connectivity index (χ2n) is 7.01. The summed E-state index contributed by atoms with van der Waals surface area (Å²) in [5, 5.41) is 10.9. The molecule has 0 radical (unpaired) electrons. The Hall–Kier alpha value is -2.91. The molecule has 1 aromatic rings. The standard InChI is InChI=1S/C17H22FN3O6/c1-17(2,3)27-16(23)20-8-6-19(7-9-20)15(22)11-26-14-10-12(18)4-5-13(14)21(24)25/h4-5,10H,6-9,11H2,1-3H3. The molecule has 0 spiro atoms. The van der Waals surface area contributed by atoms with Crippen LogP contribution in [0.3, 0.4) is 0 Å². The van der Waals surface area contributed by atoms with Crippen molar-refractivity contribution in [2.45, 2.75) is 26.4 Å². The lowest BCUT2D eigenvalue weighted by Crippen LogP contribution is -2.52. The zero-order valence-electron chi connectivity index (χ0n) is 15.4. The largest absolute Gasteiger partial charge is 0.477 e. The van der Waals surface area contributed by atoms with Gasteiger partial charge in [-0.3, -0.25) is 14.9 Å². The van der Waals surface area contributed by atoms with Crippen LogP contribution in [0.2, 0.25) is 0 Å². The number of carbonyl (C=O) groups excluding carboxylic acids is 2. The molecular weight excluding hydrogens is 361 g/mol. The van der Waals surface area contributed by atoms with Crippen molar-refractivity contribution in [1.29, 1.82) is 0 Å². The lowest BCUT2D eigenvalue weighted by molar-refractivity contribution is -0.385. The average Bonchev–Trinajstić information content (AvgIpc) is 2.58. The van der Waals surface area contributed by atoms with Crippen molar-refractivity contribution in [3.8, 4) is 5.75 Å². The molecule has 1 aliphatic heterocycles. The fraction of sp³-hybridized carbons (Fsp3) is 0.529. The zero-order valence-corrected chi connectivity index (χ0v) is 15.4. The second-order valence-corrected chi connectivity index (χ2v) is 7.01. The Morgan fingerprint density at radius 3 is 2.33 bits per heavy atom. The molecule has 2 amide bonds. The predicted molar refractivity (Wildman–Crippen MR) is 92.9 cm³/mol. The first-order valence-electron chi connectivity index (χ1n) is 8.39. The number of hydrogen-bond donors (Lipinski definition) is 0. The van der Waals surface area contributed by atoms with Crippen LogP contribution in [0.1, 0.15) is 20.8 Å². The fourth-order valence-electron chi connectivity index (χ4n) is 2.45. The Balaban J connectivity index is 1.88. The third-order valence-electron chi connectivity index (χ3n) is 3.75. The topological polar surface area (TPSA) is 102 Å². The van der Waals surface area contributed by atoms with Gasteiger partial charge in [-0.1, -0.05) is 0 Å². The molecule has 0 unspecified atom stereocenters. The summed E-state index contributed by atoms with van der Waals surface area (Å²) in [5.74, 6) is -1.41. The summed E-state index contributed by atoms with van der Waals surface area (Å²) in [5.41, 5.74) is -1.02. The van der Waals surface area contributed by atoms with Gasteiger partial charge in [0.05, 0.1) is 4.92 Å². The van der Waals surface area contributed by atoms with Crippen molar-refractivity contribution in [3.05, 3.63) is 34.1 Å². The minimum Gasteiger partial charge on any atom is -0.477 e. The van der Waals surface area contributed by atoms with Crippen LogP contribution in [0.15, 0.2) is 18.2 Å². The maximum Gasteiger partial charge on any atom is 0.410 e. The van der Waals surface area contributed by atoms with E-state index in [9.17, 15) is 24.1 Å². The van der Waals surface area contributed by atoms with Crippen molar-refractivity contribution in [2.75, 3.05) is 32.8 Å². The van der Waals surface area contributed by atoms with Crippen LogP contribution in [0.25, 0.3) is 0 Å². The summed E-state index contributed by atoms with van der Waals surface area (Å²) < 4.78 is 23.7. The summed E-state index contributed by atoms with van der Waals surface area (Å²) in [6.45, 7) is 6.03. The molecule has 148 valence electrons. The van der Waals surface area contributed by atoms with E-state index >= 15 is 0 Å². The Morgan fingerprint density at radius 1 is 1.19 bits per heavy atom. The molecule has 27 heavy (non-hydrogen) atoms. The summed E-state index contributed by atoms with van der Waals surface area (Å²) in [7, 11) is 0. The van der Waals surface area contributed by atoms with Crippen molar-refractivity contribution in [1.82, 2.24) is 9.80 Å². The van der Waals surface area contributed by atoms with Gasteiger partial charge in [0.25, 0.3) is 5.91 Å². The molecule has 9 nitrogen and oxygen atoms in total. The number of nitro groups is 1. The minimum absolute atomic E-state index is 0.284. The van der Waals surface area contributed by atoms with Gasteiger partial charge in [0, 0.05) is 38.3 Å². The molecule has 0 aromatic heterocycles. The number of hydrogen-bond acceptors (Lipinski definition) is 6. The van der Waals surface area contributed by atoms with E-state index in [1.807, 2.05) is 0 Å². The molecule has 10 heteroatoms. The van der Waals surface area contributed by atoms with Crippen LogP contribution >= 0.6 is 0 Å². The van der Waals surface area contributed by atoms with E-state index in [1.54, 1.807) is 20.8 Å². The molecule has 1 aromatic carbocycles. The van der Waals surface area contributed by atoms with Gasteiger partial charge < -0.3 is 19.3 Å². The summed E-state index contributed by atoms with van der Waals surface area (Å²) in [6, 6.07) is 2.79. The van der Waals surface area contributed by atoms with E-state index in [-0.39, 0.29) is 18.8 Å². The van der Waals surface area contributed by atoms with Gasteiger partial charge in [0.2, 0.25) is 5.75 Å². The number of rotatable bonds is 4. The van der Waals surface area contributed by atoms with E-state index in [4.69, 9.17) is 9.47 Å². The van der Waals surface area contributed by atoms with Crippen molar-refractivity contribution < 1.29 is 28.4 Å². The minimum atomic E-state index is -0.709. The zero-order chi connectivity index (χ0) is 20.2. The van der Waals surface area contributed by atoms with Crippen LogP contribution < -0.4 is 4.74 Å². The molecule has 2 rings (SSSR count). The van der Waals surface area contributed by atoms with E-state index < -0.39 is 40.6 Å². The average molecular weight is 383 g/mol. The summed E-state index contributed by atoms with van der Waals surface area (Å²) >= 11 is 0. The van der Waals surface area contributed by atoms with Gasteiger partial charge in [-0.25, -0.2) is 9.18 Å². The molecule has 1 aliphatic rings. The maximum atomic E-state index is 13.3. The summed E-state index contributed by atoms with van der Waals surface area (Å²) in [6.07, 6.45) is -0.443. The highest BCUT2D eigenvalue weighted by Crippen LogP contribution is 2.27. The number of carbonyl (C=O) groups is 2. The number of amides is 2. The van der Waals surface area contributed by atoms with Crippen molar-refractivity contribution in [2.24, 2.45) is 0 Å². The first-order valence-corrected chi connectivity index (χ1v) is 8.39. The number of ether oxygens (including phenoxy) is 2. The fourth-order valence-corrected chi connectivity index (χ4v) is 2.45. The monoisotopic (exact) mass is 383 g/mol. The second kappa shape index (κ2) is 8.19. The van der Waals surface area contributed by atoms with E-state index in [1.165, 1.54) is 9.80 Å². The molecular formula is C17H22FN3O6.